The zero-order chi connectivity index (χ0) is 18.1. The molecule has 0 saturated carbocycles. The van der Waals surface area contributed by atoms with Crippen LogP contribution in [0.1, 0.15) is 70.1 Å². The van der Waals surface area contributed by atoms with Gasteiger partial charge in [-0.15, -0.1) is 23.1 Å². The van der Waals surface area contributed by atoms with Gasteiger partial charge >= 0.3 is 0 Å². The number of carbonyl (C=O) groups is 2. The highest BCUT2D eigenvalue weighted by atomic mass is 32.2. The molecule has 0 bridgehead atoms. The van der Waals surface area contributed by atoms with Crippen LogP contribution >= 0.6 is 23.1 Å². The molecule has 138 valence electrons. The molecule has 1 aromatic rings. The van der Waals surface area contributed by atoms with Crippen LogP contribution in [0.2, 0.25) is 0 Å². The summed E-state index contributed by atoms with van der Waals surface area (Å²) in [6.45, 7) is 4.80. The molecule has 0 atom stereocenters. The average Bonchev–Trinajstić information content (AvgIpc) is 3.20. The standard InChI is InChI=1S/C20H29NO2S2/c1-3-5-6-7-8-9-10-11-14-21-19(22)17(16-13-12-15-25-16)18(20(21)23)24-4-2/h12-13,15H,3-11,14H2,1-2H3. The Morgan fingerprint density at radius 2 is 1.64 bits per heavy atom. The van der Waals surface area contributed by atoms with Gasteiger partial charge in [0.05, 0.1) is 10.5 Å². The van der Waals surface area contributed by atoms with Crippen LogP contribution in [0.5, 0.6) is 0 Å². The lowest BCUT2D eigenvalue weighted by atomic mass is 10.1. The van der Waals surface area contributed by atoms with Crippen molar-refractivity contribution < 1.29 is 9.59 Å². The summed E-state index contributed by atoms with van der Waals surface area (Å²) in [5, 5.41) is 1.95. The summed E-state index contributed by atoms with van der Waals surface area (Å²) < 4.78 is 0. The van der Waals surface area contributed by atoms with E-state index in [4.69, 9.17) is 0 Å². The van der Waals surface area contributed by atoms with Crippen LogP contribution in [-0.4, -0.2) is 29.0 Å². The maximum absolute atomic E-state index is 12.8. The highest BCUT2D eigenvalue weighted by molar-refractivity contribution is 8.04. The molecule has 1 aliphatic rings. The van der Waals surface area contributed by atoms with Gasteiger partial charge in [0, 0.05) is 11.4 Å². The van der Waals surface area contributed by atoms with Gasteiger partial charge in [-0.2, -0.15) is 0 Å². The van der Waals surface area contributed by atoms with Crippen LogP contribution in [0.3, 0.4) is 0 Å². The van der Waals surface area contributed by atoms with Crippen molar-refractivity contribution in [3.05, 3.63) is 27.3 Å². The van der Waals surface area contributed by atoms with Crippen LogP contribution in [-0.2, 0) is 9.59 Å². The molecule has 2 heterocycles. The molecule has 2 rings (SSSR count). The summed E-state index contributed by atoms with van der Waals surface area (Å²) >= 11 is 3.02. The van der Waals surface area contributed by atoms with E-state index in [-0.39, 0.29) is 11.8 Å². The molecule has 0 fully saturated rings. The molecule has 2 amide bonds. The number of thiophene rings is 1. The van der Waals surface area contributed by atoms with Crippen LogP contribution in [0.25, 0.3) is 5.57 Å². The minimum Gasteiger partial charge on any atom is -0.274 e. The van der Waals surface area contributed by atoms with Gasteiger partial charge in [0.1, 0.15) is 0 Å². The van der Waals surface area contributed by atoms with Gasteiger partial charge in [-0.05, 0) is 23.6 Å². The van der Waals surface area contributed by atoms with Crippen molar-refractivity contribution in [2.45, 2.75) is 65.2 Å². The zero-order valence-corrected chi connectivity index (χ0v) is 17.0. The Kier molecular flexibility index (Phi) is 8.76. The Morgan fingerprint density at radius 1 is 0.960 bits per heavy atom. The minimum absolute atomic E-state index is 0.0943. The zero-order valence-electron chi connectivity index (χ0n) is 15.4. The predicted octanol–water partition coefficient (Wildman–Crippen LogP) is 5.72. The first kappa shape index (κ1) is 20.2. The lowest BCUT2D eigenvalue weighted by molar-refractivity contribution is -0.136. The summed E-state index contributed by atoms with van der Waals surface area (Å²) in [6, 6.07) is 3.86. The van der Waals surface area contributed by atoms with Crippen molar-refractivity contribution in [1.82, 2.24) is 4.90 Å². The van der Waals surface area contributed by atoms with E-state index in [0.29, 0.717) is 17.0 Å². The molecular weight excluding hydrogens is 350 g/mol. The summed E-state index contributed by atoms with van der Waals surface area (Å²) in [5.74, 6) is 0.601. The second kappa shape index (κ2) is 10.8. The van der Waals surface area contributed by atoms with E-state index >= 15 is 0 Å². The number of thioether (sulfide) groups is 1. The number of carbonyl (C=O) groups excluding carboxylic acids is 2. The summed E-state index contributed by atoms with van der Waals surface area (Å²) in [6.07, 6.45) is 9.69. The van der Waals surface area contributed by atoms with Crippen molar-refractivity contribution in [2.24, 2.45) is 0 Å². The number of amides is 2. The van der Waals surface area contributed by atoms with E-state index < -0.39 is 0 Å². The number of nitrogens with zero attached hydrogens (tertiary/aromatic N) is 1. The Bertz CT molecular complexity index is 593. The van der Waals surface area contributed by atoms with Gasteiger partial charge in [0.15, 0.2) is 0 Å². The van der Waals surface area contributed by atoms with E-state index in [0.717, 1.165) is 23.5 Å². The molecule has 1 aromatic heterocycles. The number of rotatable bonds is 12. The molecule has 0 aliphatic carbocycles. The first-order chi connectivity index (χ1) is 12.2. The largest absolute Gasteiger partial charge is 0.274 e. The SMILES string of the molecule is CCCCCCCCCCN1C(=O)C(SCC)=C(c2cccs2)C1=O. The van der Waals surface area contributed by atoms with Crippen LogP contribution in [0, 0.1) is 0 Å². The molecular formula is C20H29NO2S2. The van der Waals surface area contributed by atoms with Crippen molar-refractivity contribution in [3.8, 4) is 0 Å². The van der Waals surface area contributed by atoms with Crippen molar-refractivity contribution in [1.29, 1.82) is 0 Å². The lowest BCUT2D eigenvalue weighted by Crippen LogP contribution is -2.32. The van der Waals surface area contributed by atoms with E-state index in [1.54, 1.807) is 0 Å². The van der Waals surface area contributed by atoms with Gasteiger partial charge in [-0.3, -0.25) is 14.5 Å². The quantitative estimate of drug-likeness (QED) is 0.344. The number of imide groups is 1. The highest BCUT2D eigenvalue weighted by Gasteiger charge is 2.38. The van der Waals surface area contributed by atoms with Crippen LogP contribution in [0.15, 0.2) is 22.4 Å². The summed E-state index contributed by atoms with van der Waals surface area (Å²) in [4.78, 5) is 28.5. The molecule has 5 heteroatoms. The minimum atomic E-state index is -0.105. The molecule has 0 radical (unpaired) electrons. The molecule has 0 saturated heterocycles. The fourth-order valence-corrected chi connectivity index (χ4v) is 4.77. The maximum Gasteiger partial charge on any atom is 0.268 e. The maximum atomic E-state index is 12.8. The third-order valence-electron chi connectivity index (χ3n) is 4.42. The Hall–Kier alpha value is -1.07. The van der Waals surface area contributed by atoms with Crippen molar-refractivity contribution in [3.63, 3.8) is 0 Å². The highest BCUT2D eigenvalue weighted by Crippen LogP contribution is 2.37. The topological polar surface area (TPSA) is 37.4 Å². The van der Waals surface area contributed by atoms with Crippen molar-refractivity contribution >= 4 is 40.5 Å². The fourth-order valence-electron chi connectivity index (χ4n) is 3.08. The smallest absolute Gasteiger partial charge is 0.268 e. The molecule has 3 nitrogen and oxygen atoms in total. The molecule has 0 spiro atoms. The first-order valence-corrected chi connectivity index (χ1v) is 11.3. The number of hydrogen-bond acceptors (Lipinski definition) is 4. The van der Waals surface area contributed by atoms with E-state index in [9.17, 15) is 9.59 Å². The van der Waals surface area contributed by atoms with Crippen LogP contribution in [0.4, 0.5) is 0 Å². The van der Waals surface area contributed by atoms with E-state index in [2.05, 4.69) is 6.92 Å². The van der Waals surface area contributed by atoms with E-state index in [1.165, 1.54) is 66.5 Å². The average molecular weight is 380 g/mol. The predicted molar refractivity (Wildman–Crippen MR) is 109 cm³/mol. The third-order valence-corrected chi connectivity index (χ3v) is 6.26. The van der Waals surface area contributed by atoms with Crippen LogP contribution < -0.4 is 0 Å². The molecule has 1 aliphatic heterocycles. The van der Waals surface area contributed by atoms with E-state index in [1.807, 2.05) is 24.4 Å². The summed E-state index contributed by atoms with van der Waals surface area (Å²) in [7, 11) is 0. The molecule has 0 aromatic carbocycles. The number of unbranched alkanes of at least 4 members (excludes halogenated alkanes) is 7. The normalized spacial score (nSPS) is 14.9. The van der Waals surface area contributed by atoms with Gasteiger partial charge in [0.25, 0.3) is 11.8 Å². The fraction of sp³-hybridized carbons (Fsp3) is 0.600. The van der Waals surface area contributed by atoms with Gasteiger partial charge in [-0.1, -0.05) is 64.9 Å². The molecule has 0 unspecified atom stereocenters. The Morgan fingerprint density at radius 3 is 2.24 bits per heavy atom. The van der Waals surface area contributed by atoms with Gasteiger partial charge < -0.3 is 0 Å². The van der Waals surface area contributed by atoms with Gasteiger partial charge in [0.2, 0.25) is 0 Å². The monoisotopic (exact) mass is 379 g/mol. The Labute approximate surface area is 159 Å². The van der Waals surface area contributed by atoms with Crippen molar-refractivity contribution in [2.75, 3.05) is 12.3 Å². The third kappa shape index (κ3) is 5.45. The molecule has 0 N–H and O–H groups in total. The summed E-state index contributed by atoms with van der Waals surface area (Å²) in [5.41, 5.74) is 0.617. The second-order valence-electron chi connectivity index (χ2n) is 6.35. The Balaban J connectivity index is 1.85. The van der Waals surface area contributed by atoms with Gasteiger partial charge in [-0.25, -0.2) is 0 Å². The number of hydrogen-bond donors (Lipinski definition) is 0. The first-order valence-electron chi connectivity index (χ1n) is 9.47. The molecule has 25 heavy (non-hydrogen) atoms. The lowest BCUT2D eigenvalue weighted by Gasteiger charge is -2.14. The second-order valence-corrected chi connectivity index (χ2v) is 8.57.